The maximum absolute atomic E-state index is 5.11. The normalized spacial score (nSPS) is 10.4. The lowest BCUT2D eigenvalue weighted by atomic mass is 10.1. The van der Waals surface area contributed by atoms with Crippen LogP contribution in [0.25, 0.3) is 6.08 Å². The SMILES string of the molecule is C=Cc1ccc(C(OC)OC)cc1. The van der Waals surface area contributed by atoms with Gasteiger partial charge in [-0.2, -0.15) is 0 Å². The zero-order valence-corrected chi connectivity index (χ0v) is 7.99. The van der Waals surface area contributed by atoms with Crippen LogP contribution in [0.2, 0.25) is 0 Å². The Balaban J connectivity index is 2.83. The monoisotopic (exact) mass is 178 g/mol. The average molecular weight is 178 g/mol. The Morgan fingerprint density at radius 3 is 2.08 bits per heavy atom. The third-order valence-electron chi connectivity index (χ3n) is 1.87. The van der Waals surface area contributed by atoms with E-state index in [4.69, 9.17) is 9.47 Å². The van der Waals surface area contributed by atoms with Crippen LogP contribution in [0, 0.1) is 0 Å². The first-order valence-electron chi connectivity index (χ1n) is 4.09. The van der Waals surface area contributed by atoms with Crippen molar-refractivity contribution in [3.8, 4) is 0 Å². The first kappa shape index (κ1) is 9.96. The predicted molar refractivity (Wildman–Crippen MR) is 53.3 cm³/mol. The van der Waals surface area contributed by atoms with Gasteiger partial charge in [0.15, 0.2) is 6.29 Å². The minimum absolute atomic E-state index is 0.279. The van der Waals surface area contributed by atoms with Gasteiger partial charge in [-0.3, -0.25) is 0 Å². The van der Waals surface area contributed by atoms with Gasteiger partial charge in [0.05, 0.1) is 0 Å². The zero-order chi connectivity index (χ0) is 9.68. The minimum atomic E-state index is -0.279. The van der Waals surface area contributed by atoms with E-state index in [1.807, 2.05) is 24.3 Å². The number of rotatable bonds is 4. The van der Waals surface area contributed by atoms with Gasteiger partial charge in [-0.15, -0.1) is 0 Å². The van der Waals surface area contributed by atoms with E-state index in [9.17, 15) is 0 Å². The topological polar surface area (TPSA) is 18.5 Å². The maximum Gasteiger partial charge on any atom is 0.183 e. The molecule has 70 valence electrons. The van der Waals surface area contributed by atoms with Crippen molar-refractivity contribution in [1.82, 2.24) is 0 Å². The highest BCUT2D eigenvalue weighted by molar-refractivity contribution is 5.47. The van der Waals surface area contributed by atoms with Gasteiger partial charge in [-0.1, -0.05) is 36.9 Å². The molecule has 2 nitrogen and oxygen atoms in total. The van der Waals surface area contributed by atoms with E-state index >= 15 is 0 Å². The summed E-state index contributed by atoms with van der Waals surface area (Å²) in [6.45, 7) is 3.68. The third-order valence-corrected chi connectivity index (χ3v) is 1.87. The molecule has 13 heavy (non-hydrogen) atoms. The highest BCUT2D eigenvalue weighted by atomic mass is 16.7. The molecule has 0 aliphatic carbocycles. The lowest BCUT2D eigenvalue weighted by molar-refractivity contribution is -0.106. The van der Waals surface area contributed by atoms with Gasteiger partial charge in [0.25, 0.3) is 0 Å². The van der Waals surface area contributed by atoms with Crippen LogP contribution in [0.15, 0.2) is 30.8 Å². The van der Waals surface area contributed by atoms with Crippen molar-refractivity contribution in [3.05, 3.63) is 42.0 Å². The molecule has 0 heterocycles. The third kappa shape index (κ3) is 2.41. The molecular weight excluding hydrogens is 164 g/mol. The second-order valence-electron chi connectivity index (χ2n) is 2.67. The second-order valence-corrected chi connectivity index (χ2v) is 2.67. The van der Waals surface area contributed by atoms with Crippen molar-refractivity contribution in [1.29, 1.82) is 0 Å². The summed E-state index contributed by atoms with van der Waals surface area (Å²) >= 11 is 0. The van der Waals surface area contributed by atoms with Crippen molar-refractivity contribution >= 4 is 6.08 Å². The zero-order valence-electron chi connectivity index (χ0n) is 7.99. The molecule has 0 aromatic heterocycles. The fraction of sp³-hybridized carbons (Fsp3) is 0.273. The molecule has 1 aromatic carbocycles. The molecule has 1 aromatic rings. The fourth-order valence-electron chi connectivity index (χ4n) is 1.16. The van der Waals surface area contributed by atoms with Crippen molar-refractivity contribution in [2.45, 2.75) is 6.29 Å². The number of benzene rings is 1. The van der Waals surface area contributed by atoms with Crippen LogP contribution in [0.4, 0.5) is 0 Å². The highest BCUT2D eigenvalue weighted by Crippen LogP contribution is 2.17. The van der Waals surface area contributed by atoms with Crippen molar-refractivity contribution in [2.24, 2.45) is 0 Å². The summed E-state index contributed by atoms with van der Waals surface area (Å²) in [5.74, 6) is 0. The van der Waals surface area contributed by atoms with E-state index in [-0.39, 0.29) is 6.29 Å². The van der Waals surface area contributed by atoms with E-state index in [1.165, 1.54) is 0 Å². The number of hydrogen-bond acceptors (Lipinski definition) is 2. The molecule has 0 atom stereocenters. The van der Waals surface area contributed by atoms with Crippen LogP contribution in [0.3, 0.4) is 0 Å². The number of ether oxygens (including phenoxy) is 2. The molecule has 0 radical (unpaired) electrons. The summed E-state index contributed by atoms with van der Waals surface area (Å²) in [5, 5.41) is 0. The molecule has 0 bridgehead atoms. The van der Waals surface area contributed by atoms with Crippen molar-refractivity contribution in [2.75, 3.05) is 14.2 Å². The average Bonchev–Trinajstić information content (AvgIpc) is 2.21. The van der Waals surface area contributed by atoms with Crippen molar-refractivity contribution < 1.29 is 9.47 Å². The van der Waals surface area contributed by atoms with Gasteiger partial charge >= 0.3 is 0 Å². The smallest absolute Gasteiger partial charge is 0.183 e. The second kappa shape index (κ2) is 4.80. The van der Waals surface area contributed by atoms with Gasteiger partial charge in [-0.25, -0.2) is 0 Å². The molecule has 0 N–H and O–H groups in total. The van der Waals surface area contributed by atoms with E-state index in [1.54, 1.807) is 20.3 Å². The van der Waals surface area contributed by atoms with Gasteiger partial charge in [-0.05, 0) is 5.56 Å². The Morgan fingerprint density at radius 2 is 1.69 bits per heavy atom. The molecule has 0 saturated heterocycles. The summed E-state index contributed by atoms with van der Waals surface area (Å²) < 4.78 is 10.2. The van der Waals surface area contributed by atoms with Crippen molar-refractivity contribution in [3.63, 3.8) is 0 Å². The lowest BCUT2D eigenvalue weighted by Gasteiger charge is -2.13. The summed E-state index contributed by atoms with van der Waals surface area (Å²) in [6.07, 6.45) is 1.53. The van der Waals surface area contributed by atoms with Crippen LogP contribution in [0.1, 0.15) is 17.4 Å². The van der Waals surface area contributed by atoms with Crippen LogP contribution in [-0.2, 0) is 9.47 Å². The molecule has 0 aliphatic rings. The Kier molecular flexibility index (Phi) is 3.68. The lowest BCUT2D eigenvalue weighted by Crippen LogP contribution is -2.02. The van der Waals surface area contributed by atoms with E-state index in [2.05, 4.69) is 6.58 Å². The Labute approximate surface area is 78.8 Å². The first-order chi connectivity index (χ1) is 6.31. The van der Waals surface area contributed by atoms with Gasteiger partial charge in [0.1, 0.15) is 0 Å². The molecule has 0 saturated carbocycles. The summed E-state index contributed by atoms with van der Waals surface area (Å²) in [6, 6.07) is 7.89. The van der Waals surface area contributed by atoms with Gasteiger partial charge < -0.3 is 9.47 Å². The van der Waals surface area contributed by atoms with Crippen LogP contribution >= 0.6 is 0 Å². The van der Waals surface area contributed by atoms with E-state index < -0.39 is 0 Å². The fourth-order valence-corrected chi connectivity index (χ4v) is 1.16. The molecule has 2 heteroatoms. The van der Waals surface area contributed by atoms with Gasteiger partial charge in [0.2, 0.25) is 0 Å². The standard InChI is InChI=1S/C11H14O2/c1-4-9-5-7-10(8-6-9)11(12-2)13-3/h4-8,11H,1H2,2-3H3. The predicted octanol–water partition coefficient (Wildman–Crippen LogP) is 2.62. The largest absolute Gasteiger partial charge is 0.352 e. The molecular formula is C11H14O2. The van der Waals surface area contributed by atoms with Crippen LogP contribution in [-0.4, -0.2) is 14.2 Å². The van der Waals surface area contributed by atoms with Crippen LogP contribution < -0.4 is 0 Å². The quantitative estimate of drug-likeness (QED) is 0.660. The Bertz CT molecular complexity index is 260. The molecule has 0 spiro atoms. The minimum Gasteiger partial charge on any atom is -0.352 e. The maximum atomic E-state index is 5.11. The summed E-state index contributed by atoms with van der Waals surface area (Å²) in [4.78, 5) is 0. The molecule has 0 unspecified atom stereocenters. The highest BCUT2D eigenvalue weighted by Gasteiger charge is 2.06. The summed E-state index contributed by atoms with van der Waals surface area (Å²) in [5.41, 5.74) is 2.10. The number of hydrogen-bond donors (Lipinski definition) is 0. The molecule has 0 fully saturated rings. The molecule has 0 amide bonds. The number of methoxy groups -OCH3 is 2. The Morgan fingerprint density at radius 1 is 1.15 bits per heavy atom. The van der Waals surface area contributed by atoms with E-state index in [0.717, 1.165) is 11.1 Å². The van der Waals surface area contributed by atoms with E-state index in [0.29, 0.717) is 0 Å². The van der Waals surface area contributed by atoms with Crippen LogP contribution in [0.5, 0.6) is 0 Å². The Hall–Kier alpha value is -1.12. The molecule has 0 aliphatic heterocycles. The molecule has 1 rings (SSSR count). The summed E-state index contributed by atoms with van der Waals surface area (Å²) in [7, 11) is 3.24. The first-order valence-corrected chi connectivity index (χ1v) is 4.09. The van der Waals surface area contributed by atoms with Gasteiger partial charge in [0, 0.05) is 19.8 Å².